The van der Waals surface area contributed by atoms with E-state index in [4.69, 9.17) is 4.42 Å². The fourth-order valence-corrected chi connectivity index (χ4v) is 2.17. The van der Waals surface area contributed by atoms with Gasteiger partial charge in [-0.15, -0.1) is 0 Å². The number of carbonyl (C=O) groups excluding carboxylic acids is 1. The minimum absolute atomic E-state index is 0.166. The van der Waals surface area contributed by atoms with Crippen LogP contribution in [0.4, 0.5) is 0 Å². The van der Waals surface area contributed by atoms with Crippen LogP contribution in [0.15, 0.2) is 22.6 Å². The van der Waals surface area contributed by atoms with Gasteiger partial charge in [-0.1, -0.05) is 6.92 Å². The number of fused-ring (bicyclic) bond motifs is 1. The Morgan fingerprint density at radius 1 is 1.25 bits per heavy atom. The molecule has 1 amide bonds. The zero-order chi connectivity index (χ0) is 14.7. The minimum Gasteiger partial charge on any atom is -0.451 e. The lowest BCUT2D eigenvalue weighted by Crippen LogP contribution is -2.38. The molecule has 1 aromatic carbocycles. The molecule has 1 aromatic heterocycles. The topological polar surface area (TPSA) is 54.3 Å². The van der Waals surface area contributed by atoms with Crippen molar-refractivity contribution in [3.05, 3.63) is 35.1 Å². The molecule has 20 heavy (non-hydrogen) atoms. The van der Waals surface area contributed by atoms with Crippen molar-refractivity contribution in [2.24, 2.45) is 0 Å². The molecule has 2 N–H and O–H groups in total. The van der Waals surface area contributed by atoms with Gasteiger partial charge in [0.25, 0.3) is 5.91 Å². The second-order valence-electron chi connectivity index (χ2n) is 5.25. The average Bonchev–Trinajstić information content (AvgIpc) is 2.80. The van der Waals surface area contributed by atoms with Crippen molar-refractivity contribution in [2.45, 2.75) is 33.7 Å². The summed E-state index contributed by atoms with van der Waals surface area (Å²) in [4.78, 5) is 12.1. The molecule has 4 nitrogen and oxygen atoms in total. The Bertz CT molecular complexity index is 577. The summed E-state index contributed by atoms with van der Waals surface area (Å²) in [5, 5.41) is 7.10. The maximum atomic E-state index is 12.1. The number of rotatable bonds is 5. The highest BCUT2D eigenvalue weighted by molar-refractivity contribution is 5.96. The first-order valence-electron chi connectivity index (χ1n) is 7.03. The predicted molar refractivity (Wildman–Crippen MR) is 81.2 cm³/mol. The van der Waals surface area contributed by atoms with E-state index in [1.165, 1.54) is 11.1 Å². The van der Waals surface area contributed by atoms with Crippen molar-refractivity contribution in [1.29, 1.82) is 0 Å². The van der Waals surface area contributed by atoms with E-state index in [1.807, 2.05) is 32.9 Å². The van der Waals surface area contributed by atoms with Gasteiger partial charge in [0.05, 0.1) is 0 Å². The molecule has 2 rings (SSSR count). The number of amides is 1. The number of nitrogens with one attached hydrogen (secondary N) is 2. The normalized spacial score (nSPS) is 12.6. The Morgan fingerprint density at radius 3 is 2.65 bits per heavy atom. The summed E-state index contributed by atoms with van der Waals surface area (Å²) >= 11 is 0. The largest absolute Gasteiger partial charge is 0.451 e. The quantitative estimate of drug-likeness (QED) is 0.881. The number of hydrogen-bond donors (Lipinski definition) is 2. The van der Waals surface area contributed by atoms with E-state index in [2.05, 4.69) is 17.6 Å². The van der Waals surface area contributed by atoms with Crippen molar-refractivity contribution < 1.29 is 9.21 Å². The van der Waals surface area contributed by atoms with Gasteiger partial charge in [0.15, 0.2) is 5.76 Å². The Morgan fingerprint density at radius 2 is 1.95 bits per heavy atom. The molecule has 0 radical (unpaired) electrons. The second kappa shape index (κ2) is 6.09. The molecule has 2 aromatic rings. The smallest absolute Gasteiger partial charge is 0.287 e. The van der Waals surface area contributed by atoms with Crippen molar-refractivity contribution in [3.8, 4) is 0 Å². The van der Waals surface area contributed by atoms with Crippen LogP contribution in [-0.4, -0.2) is 25.0 Å². The van der Waals surface area contributed by atoms with E-state index >= 15 is 0 Å². The summed E-state index contributed by atoms with van der Waals surface area (Å²) < 4.78 is 5.63. The second-order valence-corrected chi connectivity index (χ2v) is 5.25. The third-order valence-electron chi connectivity index (χ3n) is 3.48. The zero-order valence-corrected chi connectivity index (χ0v) is 12.5. The standard InChI is InChI=1S/C16H22N2O2/c1-5-17-12(4)9-18-16(19)15-8-13-6-10(2)11(3)7-14(13)20-15/h6-8,12,17H,5,9H2,1-4H3,(H,18,19)/t12-/m1/s1. The number of benzene rings is 1. The van der Waals surface area contributed by atoms with Crippen LogP contribution < -0.4 is 10.6 Å². The third-order valence-corrected chi connectivity index (χ3v) is 3.48. The van der Waals surface area contributed by atoms with Gasteiger partial charge in [0, 0.05) is 18.0 Å². The van der Waals surface area contributed by atoms with E-state index < -0.39 is 0 Å². The SMILES string of the molecule is CCN[C@H](C)CNC(=O)c1cc2cc(C)c(C)cc2o1. The Labute approximate surface area is 119 Å². The van der Waals surface area contributed by atoms with E-state index in [0.717, 1.165) is 17.5 Å². The van der Waals surface area contributed by atoms with Crippen molar-refractivity contribution >= 4 is 16.9 Å². The van der Waals surface area contributed by atoms with Crippen molar-refractivity contribution in [2.75, 3.05) is 13.1 Å². The molecule has 0 unspecified atom stereocenters. The molecule has 0 aliphatic carbocycles. The highest BCUT2D eigenvalue weighted by Gasteiger charge is 2.13. The fourth-order valence-electron chi connectivity index (χ4n) is 2.17. The zero-order valence-electron chi connectivity index (χ0n) is 12.5. The van der Waals surface area contributed by atoms with E-state index in [9.17, 15) is 4.79 Å². The molecule has 0 aliphatic heterocycles. The Balaban J connectivity index is 2.10. The lowest BCUT2D eigenvalue weighted by molar-refractivity contribution is 0.0924. The summed E-state index contributed by atoms with van der Waals surface area (Å²) in [7, 11) is 0. The molecular weight excluding hydrogens is 252 g/mol. The molecule has 0 saturated heterocycles. The molecule has 108 valence electrons. The first-order chi connectivity index (χ1) is 9.51. The Kier molecular flexibility index (Phi) is 4.45. The molecule has 1 atom stereocenters. The number of carbonyl (C=O) groups is 1. The molecule has 0 aliphatic rings. The lowest BCUT2D eigenvalue weighted by Gasteiger charge is -2.12. The minimum atomic E-state index is -0.166. The van der Waals surface area contributed by atoms with Crippen LogP contribution in [0.3, 0.4) is 0 Å². The number of hydrogen-bond acceptors (Lipinski definition) is 3. The summed E-state index contributed by atoms with van der Waals surface area (Å²) in [6.07, 6.45) is 0. The third kappa shape index (κ3) is 3.20. The Hall–Kier alpha value is -1.81. The van der Waals surface area contributed by atoms with E-state index in [-0.39, 0.29) is 11.9 Å². The summed E-state index contributed by atoms with van der Waals surface area (Å²) in [6, 6.07) is 6.07. The van der Waals surface area contributed by atoms with Gasteiger partial charge in [0.1, 0.15) is 5.58 Å². The maximum Gasteiger partial charge on any atom is 0.287 e. The first kappa shape index (κ1) is 14.6. The van der Waals surface area contributed by atoms with Gasteiger partial charge < -0.3 is 15.1 Å². The van der Waals surface area contributed by atoms with Crippen LogP contribution in [0.5, 0.6) is 0 Å². The van der Waals surface area contributed by atoms with E-state index in [1.54, 1.807) is 6.07 Å². The molecule has 0 bridgehead atoms. The maximum absolute atomic E-state index is 12.1. The molecule has 0 saturated carbocycles. The van der Waals surface area contributed by atoms with Crippen LogP contribution in [0, 0.1) is 13.8 Å². The van der Waals surface area contributed by atoms with Crippen LogP contribution in [-0.2, 0) is 0 Å². The van der Waals surface area contributed by atoms with Gasteiger partial charge in [-0.2, -0.15) is 0 Å². The predicted octanol–water partition coefficient (Wildman–Crippen LogP) is 2.78. The molecular formula is C16H22N2O2. The van der Waals surface area contributed by atoms with E-state index in [0.29, 0.717) is 12.3 Å². The first-order valence-corrected chi connectivity index (χ1v) is 7.03. The van der Waals surface area contributed by atoms with Gasteiger partial charge in [-0.3, -0.25) is 4.79 Å². The highest BCUT2D eigenvalue weighted by Crippen LogP contribution is 2.23. The molecule has 1 heterocycles. The van der Waals surface area contributed by atoms with Gasteiger partial charge >= 0.3 is 0 Å². The van der Waals surface area contributed by atoms with Gasteiger partial charge in [-0.05, 0) is 56.6 Å². The van der Waals surface area contributed by atoms with Crippen LogP contribution in [0.25, 0.3) is 11.0 Å². The van der Waals surface area contributed by atoms with Crippen LogP contribution in [0.2, 0.25) is 0 Å². The van der Waals surface area contributed by atoms with Crippen LogP contribution in [0.1, 0.15) is 35.5 Å². The van der Waals surface area contributed by atoms with Crippen LogP contribution >= 0.6 is 0 Å². The fraction of sp³-hybridized carbons (Fsp3) is 0.438. The molecule has 0 spiro atoms. The van der Waals surface area contributed by atoms with Crippen molar-refractivity contribution in [1.82, 2.24) is 10.6 Å². The highest BCUT2D eigenvalue weighted by atomic mass is 16.3. The average molecular weight is 274 g/mol. The summed E-state index contributed by atoms with van der Waals surface area (Å²) in [5.74, 6) is 0.204. The molecule has 4 heteroatoms. The van der Waals surface area contributed by atoms with Gasteiger partial charge in [-0.25, -0.2) is 0 Å². The monoisotopic (exact) mass is 274 g/mol. The van der Waals surface area contributed by atoms with Crippen molar-refractivity contribution in [3.63, 3.8) is 0 Å². The summed E-state index contributed by atoms with van der Waals surface area (Å²) in [6.45, 7) is 9.65. The lowest BCUT2D eigenvalue weighted by atomic mass is 10.1. The molecule has 0 fully saturated rings. The number of furan rings is 1. The summed E-state index contributed by atoms with van der Waals surface area (Å²) in [5.41, 5.74) is 3.13. The number of likely N-dealkylation sites (N-methyl/N-ethyl adjacent to an activating group) is 1. The number of aryl methyl sites for hydroxylation is 2. The van der Waals surface area contributed by atoms with Gasteiger partial charge in [0.2, 0.25) is 0 Å².